The molecule has 0 radical (unpaired) electrons. The summed E-state index contributed by atoms with van der Waals surface area (Å²) in [6.45, 7) is 7.43. The molecule has 0 heterocycles. The van der Waals surface area contributed by atoms with E-state index in [0.29, 0.717) is 0 Å². The molecule has 0 aliphatic heterocycles. The third-order valence-electron chi connectivity index (χ3n) is 3.05. The van der Waals surface area contributed by atoms with Crippen molar-refractivity contribution < 1.29 is 26.7 Å². The highest BCUT2D eigenvalue weighted by Gasteiger charge is 2.45. The molecule has 0 amide bonds. The summed E-state index contributed by atoms with van der Waals surface area (Å²) in [6.07, 6.45) is 0. The normalized spacial score (nSPS) is 14.0. The molecular formula is C14H17F3NO3S-. The fraction of sp³-hybridized carbons (Fsp3) is 0.500. The molecule has 0 aliphatic rings. The summed E-state index contributed by atoms with van der Waals surface area (Å²) in [6, 6.07) is 4.58. The Hall–Kier alpha value is -1.57. The predicted octanol–water partition coefficient (Wildman–Crippen LogP) is 2.89. The largest absolute Gasteiger partial charge is 0.858 e. The first-order chi connectivity index (χ1) is 9.85. The molecule has 1 aromatic rings. The van der Waals surface area contributed by atoms with Gasteiger partial charge in [0.25, 0.3) is 0 Å². The van der Waals surface area contributed by atoms with Gasteiger partial charge in [-0.15, -0.1) is 0 Å². The SMILES string of the molecule is CC(C)c1cc(/C([O-])=N/S(=O)(=O)C(F)(F)F)cc(C(C)C)c1. The van der Waals surface area contributed by atoms with E-state index in [1.54, 1.807) is 0 Å². The number of halogens is 3. The molecule has 1 rings (SSSR count). The van der Waals surface area contributed by atoms with Crippen molar-refractivity contribution in [3.63, 3.8) is 0 Å². The zero-order chi connectivity index (χ0) is 17.3. The van der Waals surface area contributed by atoms with Gasteiger partial charge in [-0.05, 0) is 28.5 Å². The molecule has 0 N–H and O–H groups in total. The van der Waals surface area contributed by atoms with Crippen molar-refractivity contribution in [2.75, 3.05) is 0 Å². The lowest BCUT2D eigenvalue weighted by molar-refractivity contribution is -0.212. The highest BCUT2D eigenvalue weighted by atomic mass is 32.2. The van der Waals surface area contributed by atoms with E-state index in [4.69, 9.17) is 0 Å². The monoisotopic (exact) mass is 336 g/mol. The van der Waals surface area contributed by atoms with Crippen molar-refractivity contribution in [3.05, 3.63) is 34.9 Å². The Labute approximate surface area is 127 Å². The maximum Gasteiger partial charge on any atom is 0.518 e. The standard InChI is InChI=1S/C14H18F3NO3S/c1-8(2)10-5-11(9(3)4)7-12(6-10)13(19)18-22(20,21)14(15,16)17/h5-9H,1-4H3,(H,18,19)/p-1. The molecule has 22 heavy (non-hydrogen) atoms. The van der Waals surface area contributed by atoms with Crippen LogP contribution in [0.4, 0.5) is 13.2 Å². The molecule has 1 aromatic carbocycles. The van der Waals surface area contributed by atoms with Gasteiger partial charge in [-0.25, -0.2) is 0 Å². The molecule has 0 atom stereocenters. The van der Waals surface area contributed by atoms with Crippen molar-refractivity contribution in [2.45, 2.75) is 45.0 Å². The topological polar surface area (TPSA) is 69.6 Å². The van der Waals surface area contributed by atoms with E-state index in [1.807, 2.05) is 33.8 Å². The number of hydrogen-bond donors (Lipinski definition) is 0. The van der Waals surface area contributed by atoms with Gasteiger partial charge in [0.1, 0.15) is 0 Å². The molecular weight excluding hydrogens is 319 g/mol. The van der Waals surface area contributed by atoms with Gasteiger partial charge in [0.15, 0.2) is 0 Å². The van der Waals surface area contributed by atoms with Crippen molar-refractivity contribution >= 4 is 15.9 Å². The number of nitrogens with zero attached hydrogens (tertiary/aromatic N) is 1. The minimum Gasteiger partial charge on any atom is -0.858 e. The molecule has 0 unspecified atom stereocenters. The summed E-state index contributed by atoms with van der Waals surface area (Å²) in [5, 5.41) is 11.8. The van der Waals surface area contributed by atoms with Gasteiger partial charge in [0.2, 0.25) is 0 Å². The number of alkyl halides is 3. The van der Waals surface area contributed by atoms with Gasteiger partial charge in [0, 0.05) is 5.90 Å². The first kappa shape index (κ1) is 18.5. The molecule has 0 fully saturated rings. The van der Waals surface area contributed by atoms with Gasteiger partial charge in [-0.3, -0.25) is 0 Å². The lowest BCUT2D eigenvalue weighted by atomic mass is 9.93. The van der Waals surface area contributed by atoms with Crippen molar-refractivity contribution in [2.24, 2.45) is 4.40 Å². The molecule has 0 spiro atoms. The lowest BCUT2D eigenvalue weighted by Gasteiger charge is -2.18. The van der Waals surface area contributed by atoms with Crippen LogP contribution >= 0.6 is 0 Å². The minimum absolute atomic E-state index is 0.0319. The average molecular weight is 336 g/mol. The predicted molar refractivity (Wildman–Crippen MR) is 76.1 cm³/mol. The van der Waals surface area contributed by atoms with E-state index in [1.165, 1.54) is 12.1 Å². The smallest absolute Gasteiger partial charge is 0.518 e. The van der Waals surface area contributed by atoms with Crippen molar-refractivity contribution in [1.82, 2.24) is 0 Å². The van der Waals surface area contributed by atoms with E-state index >= 15 is 0 Å². The van der Waals surface area contributed by atoms with Crippen LogP contribution in [0.5, 0.6) is 0 Å². The van der Waals surface area contributed by atoms with Crippen LogP contribution in [0.1, 0.15) is 56.2 Å². The Morgan fingerprint density at radius 1 is 1.05 bits per heavy atom. The maximum absolute atomic E-state index is 12.3. The lowest BCUT2D eigenvalue weighted by Crippen LogP contribution is -2.27. The summed E-state index contributed by atoms with van der Waals surface area (Å²) in [4.78, 5) is 0. The zero-order valence-corrected chi connectivity index (χ0v) is 13.4. The van der Waals surface area contributed by atoms with Crippen molar-refractivity contribution in [1.29, 1.82) is 0 Å². The first-order valence-electron chi connectivity index (χ1n) is 6.58. The van der Waals surface area contributed by atoms with E-state index in [2.05, 4.69) is 4.40 Å². The molecule has 0 aromatic heterocycles. The first-order valence-corrected chi connectivity index (χ1v) is 8.02. The van der Waals surface area contributed by atoms with Crippen LogP contribution < -0.4 is 5.11 Å². The third kappa shape index (κ3) is 4.22. The molecule has 124 valence electrons. The zero-order valence-electron chi connectivity index (χ0n) is 12.6. The van der Waals surface area contributed by atoms with Gasteiger partial charge < -0.3 is 5.11 Å². The van der Waals surface area contributed by atoms with E-state index in [0.717, 1.165) is 11.1 Å². The van der Waals surface area contributed by atoms with Gasteiger partial charge >= 0.3 is 15.5 Å². The van der Waals surface area contributed by atoms with Gasteiger partial charge in [-0.1, -0.05) is 45.9 Å². The van der Waals surface area contributed by atoms with E-state index in [-0.39, 0.29) is 17.4 Å². The Balaban J connectivity index is 3.43. The third-order valence-corrected chi connectivity index (χ3v) is 4.04. The van der Waals surface area contributed by atoms with Crippen LogP contribution in [0.25, 0.3) is 0 Å². The summed E-state index contributed by atoms with van der Waals surface area (Å²) >= 11 is 0. The van der Waals surface area contributed by atoms with Crippen LogP contribution in [-0.4, -0.2) is 19.8 Å². The number of benzene rings is 1. The van der Waals surface area contributed by atoms with Gasteiger partial charge in [0.05, 0.1) is 0 Å². The summed E-state index contributed by atoms with van der Waals surface area (Å²) < 4.78 is 61.2. The molecule has 8 heteroatoms. The van der Waals surface area contributed by atoms with Crippen LogP contribution in [0.15, 0.2) is 22.6 Å². The van der Waals surface area contributed by atoms with Crippen molar-refractivity contribution in [3.8, 4) is 0 Å². The molecule has 0 saturated heterocycles. The van der Waals surface area contributed by atoms with Crippen LogP contribution in [0.3, 0.4) is 0 Å². The summed E-state index contributed by atoms with van der Waals surface area (Å²) in [5.74, 6) is -1.35. The Kier molecular flexibility index (Phi) is 5.27. The number of sulfonamides is 1. The highest BCUT2D eigenvalue weighted by molar-refractivity contribution is 7.91. The molecule has 0 saturated carbocycles. The molecule has 4 nitrogen and oxygen atoms in total. The molecule has 0 aliphatic carbocycles. The summed E-state index contributed by atoms with van der Waals surface area (Å²) in [5.41, 5.74) is -4.29. The fourth-order valence-electron chi connectivity index (χ4n) is 1.68. The van der Waals surface area contributed by atoms with E-state index < -0.39 is 21.4 Å². The second-order valence-electron chi connectivity index (χ2n) is 5.52. The number of hydrogen-bond acceptors (Lipinski definition) is 3. The van der Waals surface area contributed by atoms with Crippen LogP contribution in [-0.2, 0) is 10.0 Å². The van der Waals surface area contributed by atoms with Gasteiger partial charge in [-0.2, -0.15) is 26.0 Å². The Morgan fingerprint density at radius 2 is 1.45 bits per heavy atom. The number of rotatable bonds is 4. The quantitative estimate of drug-likeness (QED) is 0.627. The average Bonchev–Trinajstić information content (AvgIpc) is 2.36. The summed E-state index contributed by atoms with van der Waals surface area (Å²) in [7, 11) is -5.84. The molecule has 0 bridgehead atoms. The second kappa shape index (κ2) is 6.28. The highest BCUT2D eigenvalue weighted by Crippen LogP contribution is 2.26. The minimum atomic E-state index is -5.84. The fourth-order valence-corrected chi connectivity index (χ4v) is 2.11. The van der Waals surface area contributed by atoms with Crippen LogP contribution in [0.2, 0.25) is 0 Å². The Bertz CT molecular complexity index is 651. The van der Waals surface area contributed by atoms with Crippen LogP contribution in [0, 0.1) is 0 Å². The second-order valence-corrected chi connectivity index (χ2v) is 7.11. The Morgan fingerprint density at radius 3 is 1.77 bits per heavy atom. The maximum atomic E-state index is 12.3. The van der Waals surface area contributed by atoms with E-state index in [9.17, 15) is 26.7 Å².